The number of aromatic hydroxyl groups is 1. The number of phenolic OH excluding ortho intramolecular Hbond substituents is 1. The van der Waals surface area contributed by atoms with Gasteiger partial charge in [-0.05, 0) is 42.7 Å². The lowest BCUT2D eigenvalue weighted by atomic mass is 9.99. The highest BCUT2D eigenvalue weighted by molar-refractivity contribution is 8.93. The fourth-order valence-corrected chi connectivity index (χ4v) is 5.96. The Kier molecular flexibility index (Phi) is 4.56. The molecule has 2 N–H and O–H groups in total. The highest BCUT2D eigenvalue weighted by Gasteiger charge is 2.37. The minimum atomic E-state index is -3.94. The number of halogens is 2. The highest BCUT2D eigenvalue weighted by atomic mass is 79.9. The average Bonchev–Trinajstić information content (AvgIpc) is 3.14. The van der Waals surface area contributed by atoms with Crippen LogP contribution in [0.15, 0.2) is 46.2 Å². The van der Waals surface area contributed by atoms with Crippen LogP contribution in [0.2, 0.25) is 0 Å². The van der Waals surface area contributed by atoms with E-state index in [2.05, 4.69) is 5.32 Å². The maximum atomic E-state index is 13.6. The molecule has 148 valence electrons. The van der Waals surface area contributed by atoms with Crippen molar-refractivity contribution in [2.45, 2.75) is 41.1 Å². The van der Waals surface area contributed by atoms with Gasteiger partial charge in [-0.1, -0.05) is 6.07 Å². The molecule has 0 saturated carbocycles. The van der Waals surface area contributed by atoms with Crippen LogP contribution in [0.3, 0.4) is 0 Å². The van der Waals surface area contributed by atoms with Gasteiger partial charge in [-0.2, -0.15) is 0 Å². The van der Waals surface area contributed by atoms with Gasteiger partial charge < -0.3 is 15.0 Å². The van der Waals surface area contributed by atoms with Gasteiger partial charge in [0.1, 0.15) is 11.6 Å². The highest BCUT2D eigenvalue weighted by Crippen LogP contribution is 2.44. The van der Waals surface area contributed by atoms with Gasteiger partial charge >= 0.3 is 0 Å². The van der Waals surface area contributed by atoms with E-state index in [1.807, 2.05) is 11.6 Å². The largest absolute Gasteiger partial charge is 0.506 e. The van der Waals surface area contributed by atoms with Gasteiger partial charge in [0.2, 0.25) is 9.84 Å². The number of rotatable bonds is 2. The van der Waals surface area contributed by atoms with E-state index >= 15 is 0 Å². The van der Waals surface area contributed by atoms with Crippen molar-refractivity contribution >= 4 is 37.7 Å². The van der Waals surface area contributed by atoms with E-state index in [-0.39, 0.29) is 38.6 Å². The van der Waals surface area contributed by atoms with Crippen molar-refractivity contribution in [3.8, 4) is 5.75 Å². The van der Waals surface area contributed by atoms with Gasteiger partial charge in [-0.25, -0.2) is 12.8 Å². The van der Waals surface area contributed by atoms with Crippen molar-refractivity contribution < 1.29 is 17.9 Å². The molecular formula is C20H20BrFN2O3S. The first kappa shape index (κ1) is 19.4. The van der Waals surface area contributed by atoms with Crippen LogP contribution in [0.4, 0.5) is 4.39 Å². The number of nitrogens with zero attached hydrogens (tertiary/aromatic N) is 1. The molecule has 3 aromatic rings. The minimum absolute atomic E-state index is 0. The summed E-state index contributed by atoms with van der Waals surface area (Å²) in [6.45, 7) is 0. The maximum absolute atomic E-state index is 13.6. The number of nitrogens with one attached hydrogen (secondary N) is 1. The molecule has 2 bridgehead atoms. The standard InChI is InChI=1S/C20H19FN2O3S.BrH/c1-23-17-8-12-5-6-16(22-12)19(17)15-9-14(10-18(24)20(15)23)27(25,26)13-4-2-3-11(21)7-13;/h2-4,7,9-10,12,16,22,24H,5-6,8H2,1H3;1H. The third-order valence-corrected chi connectivity index (χ3v) is 7.58. The van der Waals surface area contributed by atoms with E-state index in [1.165, 1.54) is 24.3 Å². The van der Waals surface area contributed by atoms with Gasteiger partial charge in [-0.15, -0.1) is 17.0 Å². The molecule has 2 aromatic carbocycles. The summed E-state index contributed by atoms with van der Waals surface area (Å²) >= 11 is 0. The van der Waals surface area contributed by atoms with E-state index in [0.717, 1.165) is 42.0 Å². The predicted molar refractivity (Wildman–Crippen MR) is 109 cm³/mol. The number of phenols is 1. The number of sulfone groups is 1. The summed E-state index contributed by atoms with van der Waals surface area (Å²) in [6, 6.07) is 8.43. The molecule has 2 unspecified atom stereocenters. The second-order valence-electron chi connectivity index (χ2n) is 7.42. The number of aromatic nitrogens is 1. The Bertz CT molecular complexity index is 1210. The zero-order valence-electron chi connectivity index (χ0n) is 15.1. The van der Waals surface area contributed by atoms with Crippen LogP contribution < -0.4 is 5.32 Å². The van der Waals surface area contributed by atoms with Crippen LogP contribution in [0.1, 0.15) is 30.1 Å². The van der Waals surface area contributed by atoms with Gasteiger partial charge in [0.25, 0.3) is 0 Å². The number of hydrogen-bond donors (Lipinski definition) is 2. The van der Waals surface area contributed by atoms with E-state index < -0.39 is 15.7 Å². The lowest BCUT2D eigenvalue weighted by Gasteiger charge is -2.23. The van der Waals surface area contributed by atoms with Crippen molar-refractivity contribution in [3.63, 3.8) is 0 Å². The lowest BCUT2D eigenvalue weighted by molar-refractivity contribution is 0.475. The second-order valence-corrected chi connectivity index (χ2v) is 9.37. The van der Waals surface area contributed by atoms with E-state index in [0.29, 0.717) is 11.6 Å². The quantitative estimate of drug-likeness (QED) is 0.602. The first-order valence-corrected chi connectivity index (χ1v) is 10.5. The van der Waals surface area contributed by atoms with Gasteiger partial charge in [0, 0.05) is 42.7 Å². The molecule has 3 heterocycles. The zero-order valence-corrected chi connectivity index (χ0v) is 17.7. The number of aryl methyl sites for hydroxylation is 1. The predicted octanol–water partition coefficient (Wildman–Crippen LogP) is 3.78. The molecule has 1 saturated heterocycles. The molecule has 1 aromatic heterocycles. The van der Waals surface area contributed by atoms with Crippen LogP contribution in [-0.2, 0) is 23.3 Å². The molecule has 0 radical (unpaired) electrons. The van der Waals surface area contributed by atoms with Crippen molar-refractivity contribution in [2.75, 3.05) is 0 Å². The molecule has 5 rings (SSSR count). The van der Waals surface area contributed by atoms with Crippen LogP contribution >= 0.6 is 17.0 Å². The number of hydrogen-bond acceptors (Lipinski definition) is 4. The average molecular weight is 467 g/mol. The Balaban J connectivity index is 0.00000192. The normalized spacial score (nSPS) is 20.8. The van der Waals surface area contributed by atoms with Gasteiger partial charge in [0.15, 0.2) is 0 Å². The third-order valence-electron chi connectivity index (χ3n) is 5.85. The van der Waals surface area contributed by atoms with E-state index in [1.54, 1.807) is 6.07 Å². The third kappa shape index (κ3) is 2.69. The van der Waals surface area contributed by atoms with Gasteiger partial charge in [0.05, 0.1) is 15.3 Å². The Morgan fingerprint density at radius 1 is 1.18 bits per heavy atom. The topological polar surface area (TPSA) is 71.3 Å². The summed E-state index contributed by atoms with van der Waals surface area (Å²) in [7, 11) is -2.03. The van der Waals surface area contributed by atoms with E-state index in [4.69, 9.17) is 0 Å². The molecule has 2 aliphatic rings. The Morgan fingerprint density at radius 3 is 2.71 bits per heavy atom. The minimum Gasteiger partial charge on any atom is -0.506 e. The van der Waals surface area contributed by atoms with Crippen molar-refractivity contribution in [3.05, 3.63) is 53.5 Å². The monoisotopic (exact) mass is 466 g/mol. The molecule has 0 spiro atoms. The van der Waals surface area contributed by atoms with Crippen molar-refractivity contribution in [1.82, 2.24) is 9.88 Å². The Morgan fingerprint density at radius 2 is 1.96 bits per heavy atom. The molecule has 0 amide bonds. The molecule has 1 fully saturated rings. The fraction of sp³-hybridized carbons (Fsp3) is 0.300. The first-order chi connectivity index (χ1) is 12.9. The second kappa shape index (κ2) is 6.57. The summed E-state index contributed by atoms with van der Waals surface area (Å²) in [5.41, 5.74) is 2.87. The summed E-state index contributed by atoms with van der Waals surface area (Å²) in [5.74, 6) is -0.685. The van der Waals surface area contributed by atoms with Crippen LogP contribution in [0, 0.1) is 5.82 Å². The fourth-order valence-electron chi connectivity index (χ4n) is 4.62. The zero-order chi connectivity index (χ0) is 18.9. The lowest BCUT2D eigenvalue weighted by Crippen LogP contribution is -2.32. The summed E-state index contributed by atoms with van der Waals surface area (Å²) in [5, 5.41) is 15.0. The van der Waals surface area contributed by atoms with Crippen molar-refractivity contribution in [1.29, 1.82) is 0 Å². The van der Waals surface area contributed by atoms with E-state index in [9.17, 15) is 17.9 Å². The number of benzene rings is 2. The van der Waals surface area contributed by atoms with Crippen LogP contribution in [0.5, 0.6) is 5.75 Å². The van der Waals surface area contributed by atoms with Gasteiger partial charge in [-0.3, -0.25) is 0 Å². The molecule has 2 aliphatic heterocycles. The summed E-state index contributed by atoms with van der Waals surface area (Å²) < 4.78 is 41.6. The molecular weight excluding hydrogens is 447 g/mol. The Labute approximate surface area is 172 Å². The SMILES string of the molecule is Br.Cn1c2c(c3cc(S(=O)(=O)c4cccc(F)c4)cc(O)c31)C1CCC(C2)N1. The number of fused-ring (bicyclic) bond motifs is 6. The summed E-state index contributed by atoms with van der Waals surface area (Å²) in [4.78, 5) is -0.142. The van der Waals surface area contributed by atoms with Crippen LogP contribution in [0.25, 0.3) is 10.9 Å². The molecule has 0 aliphatic carbocycles. The maximum Gasteiger partial charge on any atom is 0.206 e. The Hall–Kier alpha value is -1.90. The summed E-state index contributed by atoms with van der Waals surface area (Å²) in [6.07, 6.45) is 2.95. The smallest absolute Gasteiger partial charge is 0.206 e. The molecule has 2 atom stereocenters. The molecule has 5 nitrogen and oxygen atoms in total. The molecule has 8 heteroatoms. The molecule has 28 heavy (non-hydrogen) atoms. The van der Waals surface area contributed by atoms with Crippen LogP contribution in [-0.4, -0.2) is 24.1 Å². The first-order valence-electron chi connectivity index (χ1n) is 8.97. The van der Waals surface area contributed by atoms with Crippen molar-refractivity contribution in [2.24, 2.45) is 7.05 Å².